The fraction of sp³-hybridized carbons (Fsp3) is 0.900. The summed E-state index contributed by atoms with van der Waals surface area (Å²) in [5.41, 5.74) is 1.09. The number of rotatable bonds is 0. The van der Waals surface area contributed by atoms with Crippen molar-refractivity contribution in [3.8, 4) is 0 Å². The lowest BCUT2D eigenvalue weighted by molar-refractivity contribution is -0.150. The van der Waals surface area contributed by atoms with Crippen LogP contribution in [0.5, 0.6) is 0 Å². The summed E-state index contributed by atoms with van der Waals surface area (Å²) in [6, 6.07) is 0. The summed E-state index contributed by atoms with van der Waals surface area (Å²) < 4.78 is 0. The standard InChI is InChI=1S/C20H32O3/c1-11-15-10-12(21)6-8-19(15,2)14-7-9-20(3)13(4-5-16(20)22)17(14)18(11)23/h12-18,21-23H,1,4-10H2,2-3H3/t12-,13+,14+,15+,16+,17+,18+,19-,20+/m1/s1. The maximum absolute atomic E-state index is 11.1. The highest BCUT2D eigenvalue weighted by Crippen LogP contribution is 2.66. The van der Waals surface area contributed by atoms with E-state index in [1.165, 1.54) is 0 Å². The molecule has 23 heavy (non-hydrogen) atoms. The molecule has 3 heteroatoms. The highest BCUT2D eigenvalue weighted by atomic mass is 16.3. The molecular formula is C20H32O3. The minimum atomic E-state index is -0.460. The number of aliphatic hydroxyl groups is 3. The van der Waals surface area contributed by atoms with Gasteiger partial charge in [-0.3, -0.25) is 0 Å². The normalized spacial score (nSPS) is 59.2. The monoisotopic (exact) mass is 320 g/mol. The summed E-state index contributed by atoms with van der Waals surface area (Å²) >= 11 is 0. The highest BCUT2D eigenvalue weighted by molar-refractivity contribution is 5.24. The van der Waals surface area contributed by atoms with Gasteiger partial charge < -0.3 is 15.3 Å². The second-order valence-electron chi connectivity index (χ2n) is 9.43. The van der Waals surface area contributed by atoms with Gasteiger partial charge in [-0.1, -0.05) is 20.4 Å². The van der Waals surface area contributed by atoms with E-state index in [1.807, 2.05) is 0 Å². The Balaban J connectivity index is 1.73. The maximum atomic E-state index is 11.1. The van der Waals surface area contributed by atoms with E-state index in [0.29, 0.717) is 11.8 Å². The zero-order chi connectivity index (χ0) is 16.6. The Morgan fingerprint density at radius 2 is 1.57 bits per heavy atom. The lowest BCUT2D eigenvalue weighted by Crippen LogP contribution is -2.59. The van der Waals surface area contributed by atoms with Gasteiger partial charge in [-0.05, 0) is 85.0 Å². The van der Waals surface area contributed by atoms with E-state index in [0.717, 1.165) is 50.5 Å². The summed E-state index contributed by atoms with van der Waals surface area (Å²) in [5, 5.41) is 31.8. The molecule has 3 N–H and O–H groups in total. The van der Waals surface area contributed by atoms with E-state index in [-0.39, 0.29) is 34.9 Å². The smallest absolute Gasteiger partial charge is 0.0784 e. The van der Waals surface area contributed by atoms with E-state index in [4.69, 9.17) is 0 Å². The lowest BCUT2D eigenvalue weighted by Gasteiger charge is -2.62. The first-order valence-electron chi connectivity index (χ1n) is 9.52. The highest BCUT2D eigenvalue weighted by Gasteiger charge is 2.63. The SMILES string of the molecule is C=C1[C@H](O)[C@@H]2[C@H](CC[C@]3(C)[C@@H](O)CC[C@@H]23)[C@@]2(C)CC[C@@H](O)C[C@@H]12. The number of hydrogen-bond donors (Lipinski definition) is 3. The first-order chi connectivity index (χ1) is 10.8. The fourth-order valence-corrected chi connectivity index (χ4v) is 7.16. The lowest BCUT2D eigenvalue weighted by atomic mass is 9.43. The molecule has 4 aliphatic carbocycles. The molecular weight excluding hydrogens is 288 g/mol. The first kappa shape index (κ1) is 16.1. The van der Waals surface area contributed by atoms with Crippen molar-refractivity contribution in [2.24, 2.45) is 34.5 Å². The van der Waals surface area contributed by atoms with E-state index < -0.39 is 6.10 Å². The van der Waals surface area contributed by atoms with Crippen LogP contribution in [0.25, 0.3) is 0 Å². The van der Waals surface area contributed by atoms with Crippen LogP contribution in [0, 0.1) is 34.5 Å². The molecule has 0 amide bonds. The zero-order valence-corrected chi connectivity index (χ0v) is 14.5. The third-order valence-electron chi connectivity index (χ3n) is 8.64. The van der Waals surface area contributed by atoms with Crippen molar-refractivity contribution < 1.29 is 15.3 Å². The van der Waals surface area contributed by atoms with Crippen LogP contribution in [0.3, 0.4) is 0 Å². The van der Waals surface area contributed by atoms with Crippen molar-refractivity contribution in [3.63, 3.8) is 0 Å². The molecule has 9 atom stereocenters. The minimum Gasteiger partial charge on any atom is -0.393 e. The average Bonchev–Trinajstić information content (AvgIpc) is 2.82. The first-order valence-corrected chi connectivity index (χ1v) is 9.52. The minimum absolute atomic E-state index is 0.0280. The van der Waals surface area contributed by atoms with Crippen molar-refractivity contribution in [2.45, 2.75) is 77.1 Å². The Labute approximate surface area is 139 Å². The molecule has 3 nitrogen and oxygen atoms in total. The van der Waals surface area contributed by atoms with E-state index in [9.17, 15) is 15.3 Å². The van der Waals surface area contributed by atoms with Crippen molar-refractivity contribution >= 4 is 0 Å². The molecule has 0 aromatic carbocycles. The van der Waals surface area contributed by atoms with Crippen LogP contribution in [-0.4, -0.2) is 33.6 Å². The number of aliphatic hydroxyl groups excluding tert-OH is 3. The van der Waals surface area contributed by atoms with Crippen molar-refractivity contribution in [1.82, 2.24) is 0 Å². The Hall–Kier alpha value is -0.380. The second kappa shape index (κ2) is 5.06. The number of fused-ring (bicyclic) bond motifs is 5. The van der Waals surface area contributed by atoms with Crippen LogP contribution in [-0.2, 0) is 0 Å². The van der Waals surface area contributed by atoms with Gasteiger partial charge >= 0.3 is 0 Å². The molecule has 4 aliphatic rings. The summed E-state index contributed by atoms with van der Waals surface area (Å²) in [7, 11) is 0. The van der Waals surface area contributed by atoms with Gasteiger partial charge in [-0.2, -0.15) is 0 Å². The van der Waals surface area contributed by atoms with E-state index in [2.05, 4.69) is 20.4 Å². The quantitative estimate of drug-likeness (QED) is 0.602. The summed E-state index contributed by atoms with van der Waals surface area (Å²) in [6.07, 6.45) is 5.85. The zero-order valence-electron chi connectivity index (χ0n) is 14.5. The average molecular weight is 320 g/mol. The van der Waals surface area contributed by atoms with Crippen molar-refractivity contribution in [3.05, 3.63) is 12.2 Å². The van der Waals surface area contributed by atoms with Crippen LogP contribution in [0.2, 0.25) is 0 Å². The summed E-state index contributed by atoms with van der Waals surface area (Å²) in [6.45, 7) is 8.90. The predicted octanol–water partition coefficient (Wildman–Crippen LogP) is 2.89. The van der Waals surface area contributed by atoms with E-state index in [1.54, 1.807) is 0 Å². The van der Waals surface area contributed by atoms with Gasteiger partial charge in [-0.15, -0.1) is 0 Å². The van der Waals surface area contributed by atoms with Gasteiger partial charge in [0.25, 0.3) is 0 Å². The Kier molecular flexibility index (Phi) is 3.54. The van der Waals surface area contributed by atoms with Crippen LogP contribution < -0.4 is 0 Å². The summed E-state index contributed by atoms with van der Waals surface area (Å²) in [4.78, 5) is 0. The third-order valence-corrected chi connectivity index (χ3v) is 8.64. The van der Waals surface area contributed by atoms with Crippen LogP contribution in [0.1, 0.15) is 58.8 Å². The van der Waals surface area contributed by atoms with Crippen LogP contribution >= 0.6 is 0 Å². The Morgan fingerprint density at radius 3 is 2.30 bits per heavy atom. The molecule has 4 fully saturated rings. The number of hydrogen-bond acceptors (Lipinski definition) is 3. The van der Waals surface area contributed by atoms with Gasteiger partial charge in [0.15, 0.2) is 0 Å². The largest absolute Gasteiger partial charge is 0.393 e. The molecule has 0 unspecified atom stereocenters. The third kappa shape index (κ3) is 1.99. The molecule has 0 aromatic heterocycles. The molecule has 0 heterocycles. The maximum Gasteiger partial charge on any atom is 0.0784 e. The van der Waals surface area contributed by atoms with Crippen LogP contribution in [0.4, 0.5) is 0 Å². The molecule has 0 aromatic rings. The van der Waals surface area contributed by atoms with Gasteiger partial charge in [0.05, 0.1) is 18.3 Å². The van der Waals surface area contributed by atoms with Crippen molar-refractivity contribution in [2.75, 3.05) is 0 Å². The molecule has 4 rings (SSSR count). The Morgan fingerprint density at radius 1 is 0.913 bits per heavy atom. The molecule has 4 saturated carbocycles. The molecule has 130 valence electrons. The van der Waals surface area contributed by atoms with Gasteiger partial charge in [0.2, 0.25) is 0 Å². The fourth-order valence-electron chi connectivity index (χ4n) is 7.16. The van der Waals surface area contributed by atoms with Gasteiger partial charge in [-0.25, -0.2) is 0 Å². The summed E-state index contributed by atoms with van der Waals surface area (Å²) in [5.74, 6) is 1.41. The molecule has 0 spiro atoms. The Bertz CT molecular complexity index is 517. The molecule has 0 bridgehead atoms. The van der Waals surface area contributed by atoms with Gasteiger partial charge in [0, 0.05) is 0 Å². The second-order valence-corrected chi connectivity index (χ2v) is 9.43. The predicted molar refractivity (Wildman–Crippen MR) is 89.7 cm³/mol. The molecule has 0 radical (unpaired) electrons. The van der Waals surface area contributed by atoms with E-state index >= 15 is 0 Å². The molecule has 0 saturated heterocycles. The van der Waals surface area contributed by atoms with Crippen molar-refractivity contribution in [1.29, 1.82) is 0 Å². The topological polar surface area (TPSA) is 60.7 Å². The van der Waals surface area contributed by atoms with Gasteiger partial charge in [0.1, 0.15) is 0 Å². The van der Waals surface area contributed by atoms with Crippen LogP contribution in [0.15, 0.2) is 12.2 Å². The molecule has 0 aliphatic heterocycles.